The minimum absolute atomic E-state index is 0.542. The molecule has 20 heavy (non-hydrogen) atoms. The summed E-state index contributed by atoms with van der Waals surface area (Å²) in [6, 6.07) is 9.60. The fourth-order valence-electron chi connectivity index (χ4n) is 2.29. The number of rotatable bonds is 9. The molecular formula is C18H30N2. The Bertz CT molecular complexity index is 381. The first kappa shape index (κ1) is 16.9. The van der Waals surface area contributed by atoms with Gasteiger partial charge in [-0.2, -0.15) is 0 Å². The molecule has 0 saturated carbocycles. The zero-order valence-electron chi connectivity index (χ0n) is 13.5. The average molecular weight is 274 g/mol. The summed E-state index contributed by atoms with van der Waals surface area (Å²) in [4.78, 5) is 2.42. The van der Waals surface area contributed by atoms with Crippen LogP contribution in [0.4, 0.5) is 0 Å². The second kappa shape index (κ2) is 8.93. The molecule has 0 amide bonds. The van der Waals surface area contributed by atoms with Crippen molar-refractivity contribution in [1.29, 1.82) is 0 Å². The van der Waals surface area contributed by atoms with Crippen molar-refractivity contribution < 1.29 is 0 Å². The topological polar surface area (TPSA) is 15.3 Å². The molecule has 0 spiro atoms. The molecule has 2 nitrogen and oxygen atoms in total. The highest BCUT2D eigenvalue weighted by Crippen LogP contribution is 2.16. The first-order valence-electron chi connectivity index (χ1n) is 7.73. The maximum absolute atomic E-state index is 3.84. The van der Waals surface area contributed by atoms with Gasteiger partial charge in [-0.15, -0.1) is 6.58 Å². The van der Waals surface area contributed by atoms with Gasteiger partial charge in [0.2, 0.25) is 0 Å². The normalized spacial score (nSPS) is 12.9. The summed E-state index contributed by atoms with van der Waals surface area (Å²) in [5.74, 6) is 0.568. The molecule has 0 aliphatic heterocycles. The molecular weight excluding hydrogens is 244 g/mol. The highest BCUT2D eigenvalue weighted by molar-refractivity contribution is 5.25. The van der Waals surface area contributed by atoms with E-state index in [4.69, 9.17) is 0 Å². The van der Waals surface area contributed by atoms with Crippen molar-refractivity contribution in [1.82, 2.24) is 10.2 Å². The van der Waals surface area contributed by atoms with Gasteiger partial charge in [0.25, 0.3) is 0 Å². The van der Waals surface area contributed by atoms with Crippen LogP contribution in [0.5, 0.6) is 0 Å². The predicted octanol–water partition coefficient (Wildman–Crippen LogP) is 3.80. The van der Waals surface area contributed by atoms with E-state index in [-0.39, 0.29) is 0 Å². The molecule has 1 unspecified atom stereocenters. The summed E-state index contributed by atoms with van der Waals surface area (Å²) < 4.78 is 0. The van der Waals surface area contributed by atoms with Crippen molar-refractivity contribution in [2.75, 3.05) is 19.6 Å². The van der Waals surface area contributed by atoms with Crippen molar-refractivity contribution in [2.24, 2.45) is 0 Å². The van der Waals surface area contributed by atoms with E-state index in [0.29, 0.717) is 12.0 Å². The number of hydrogen-bond acceptors (Lipinski definition) is 2. The van der Waals surface area contributed by atoms with Crippen molar-refractivity contribution in [3.8, 4) is 0 Å². The first-order valence-corrected chi connectivity index (χ1v) is 7.73. The number of benzene rings is 1. The largest absolute Gasteiger partial charge is 0.316 e. The van der Waals surface area contributed by atoms with E-state index in [0.717, 1.165) is 26.2 Å². The maximum atomic E-state index is 3.84. The fraction of sp³-hybridized carbons (Fsp3) is 0.556. The van der Waals surface area contributed by atoms with E-state index in [1.165, 1.54) is 11.1 Å². The van der Waals surface area contributed by atoms with Gasteiger partial charge in [0.15, 0.2) is 0 Å². The summed E-state index contributed by atoms with van der Waals surface area (Å²) in [5, 5.41) is 3.41. The van der Waals surface area contributed by atoms with Crippen molar-refractivity contribution >= 4 is 0 Å². The third-order valence-corrected chi connectivity index (χ3v) is 3.73. The zero-order valence-corrected chi connectivity index (χ0v) is 13.5. The lowest BCUT2D eigenvalue weighted by Crippen LogP contribution is -2.30. The molecule has 0 saturated heterocycles. The molecule has 112 valence electrons. The Labute approximate surface area is 124 Å². The Balaban J connectivity index is 2.63. The van der Waals surface area contributed by atoms with E-state index in [9.17, 15) is 0 Å². The maximum Gasteiger partial charge on any atom is 0.0239 e. The molecule has 1 aromatic rings. The number of likely N-dealkylation sites (N-methyl/N-ethyl adjacent to an activating group) is 1. The molecule has 0 bridgehead atoms. The van der Waals surface area contributed by atoms with Crippen LogP contribution in [0.15, 0.2) is 36.9 Å². The summed E-state index contributed by atoms with van der Waals surface area (Å²) in [6.45, 7) is 16.7. The quantitative estimate of drug-likeness (QED) is 0.689. The van der Waals surface area contributed by atoms with Gasteiger partial charge in [-0.1, -0.05) is 44.2 Å². The molecule has 0 aromatic heterocycles. The van der Waals surface area contributed by atoms with Gasteiger partial charge >= 0.3 is 0 Å². The molecule has 1 rings (SSSR count). The van der Waals surface area contributed by atoms with Crippen molar-refractivity contribution in [3.63, 3.8) is 0 Å². The summed E-state index contributed by atoms with van der Waals surface area (Å²) in [5.41, 5.74) is 2.79. The SMILES string of the molecule is C=CCN(Cc1ccc(C(C)CNCC)cc1)C(C)C. The fourth-order valence-corrected chi connectivity index (χ4v) is 2.29. The van der Waals surface area contributed by atoms with Crippen LogP contribution in [0.25, 0.3) is 0 Å². The van der Waals surface area contributed by atoms with Crippen LogP contribution in [0, 0.1) is 0 Å². The smallest absolute Gasteiger partial charge is 0.0239 e. The standard InChI is InChI=1S/C18H30N2/c1-6-12-20(15(3)4)14-17-8-10-18(11-9-17)16(5)13-19-7-2/h6,8-11,15-16,19H,1,7,12-14H2,2-5H3. The molecule has 2 heteroatoms. The second-order valence-corrected chi connectivity index (χ2v) is 5.76. The van der Waals surface area contributed by atoms with E-state index < -0.39 is 0 Å². The van der Waals surface area contributed by atoms with Crippen LogP contribution >= 0.6 is 0 Å². The molecule has 1 N–H and O–H groups in total. The minimum atomic E-state index is 0.542. The lowest BCUT2D eigenvalue weighted by molar-refractivity contribution is 0.237. The first-order chi connectivity index (χ1) is 9.58. The Morgan fingerprint density at radius 1 is 1.20 bits per heavy atom. The lowest BCUT2D eigenvalue weighted by atomic mass is 9.99. The number of nitrogens with one attached hydrogen (secondary N) is 1. The number of hydrogen-bond donors (Lipinski definition) is 1. The zero-order chi connectivity index (χ0) is 15.0. The molecule has 0 radical (unpaired) electrons. The molecule has 0 aliphatic rings. The Hall–Kier alpha value is -1.12. The van der Waals surface area contributed by atoms with E-state index in [2.05, 4.69) is 68.8 Å². The molecule has 0 aliphatic carbocycles. The van der Waals surface area contributed by atoms with Crippen LogP contribution in [-0.4, -0.2) is 30.6 Å². The lowest BCUT2D eigenvalue weighted by Gasteiger charge is -2.25. The van der Waals surface area contributed by atoms with Gasteiger partial charge < -0.3 is 5.32 Å². The third-order valence-electron chi connectivity index (χ3n) is 3.73. The second-order valence-electron chi connectivity index (χ2n) is 5.76. The van der Waals surface area contributed by atoms with Crippen LogP contribution in [-0.2, 0) is 6.54 Å². The van der Waals surface area contributed by atoms with Crippen LogP contribution in [0.2, 0.25) is 0 Å². The highest BCUT2D eigenvalue weighted by Gasteiger charge is 2.09. The summed E-state index contributed by atoms with van der Waals surface area (Å²) in [6.07, 6.45) is 1.98. The van der Waals surface area contributed by atoms with Crippen LogP contribution < -0.4 is 5.32 Å². The molecule has 0 fully saturated rings. The Kier molecular flexibility index (Phi) is 7.56. The van der Waals surface area contributed by atoms with E-state index in [1.807, 2.05) is 6.08 Å². The van der Waals surface area contributed by atoms with Gasteiger partial charge in [-0.05, 0) is 37.4 Å². The molecule has 1 aromatic carbocycles. The molecule has 0 heterocycles. The van der Waals surface area contributed by atoms with Gasteiger partial charge in [0.1, 0.15) is 0 Å². The van der Waals surface area contributed by atoms with Gasteiger partial charge in [-0.3, -0.25) is 4.90 Å². The molecule has 1 atom stereocenters. The predicted molar refractivity (Wildman–Crippen MR) is 89.1 cm³/mol. The van der Waals surface area contributed by atoms with Gasteiger partial charge in [0, 0.05) is 25.7 Å². The highest BCUT2D eigenvalue weighted by atomic mass is 15.1. The van der Waals surface area contributed by atoms with E-state index >= 15 is 0 Å². The minimum Gasteiger partial charge on any atom is -0.316 e. The number of nitrogens with zero attached hydrogens (tertiary/aromatic N) is 1. The van der Waals surface area contributed by atoms with Crippen molar-refractivity contribution in [3.05, 3.63) is 48.0 Å². The van der Waals surface area contributed by atoms with Gasteiger partial charge in [0.05, 0.1) is 0 Å². The van der Waals surface area contributed by atoms with Crippen molar-refractivity contribution in [2.45, 2.75) is 46.2 Å². The third kappa shape index (κ3) is 5.48. The van der Waals surface area contributed by atoms with Gasteiger partial charge in [-0.25, -0.2) is 0 Å². The van der Waals surface area contributed by atoms with Crippen LogP contribution in [0.3, 0.4) is 0 Å². The summed E-state index contributed by atoms with van der Waals surface area (Å²) in [7, 11) is 0. The van der Waals surface area contributed by atoms with Crippen LogP contribution in [0.1, 0.15) is 44.7 Å². The summed E-state index contributed by atoms with van der Waals surface area (Å²) >= 11 is 0. The van der Waals surface area contributed by atoms with E-state index in [1.54, 1.807) is 0 Å². The average Bonchev–Trinajstić information content (AvgIpc) is 2.45. The Morgan fingerprint density at radius 3 is 2.35 bits per heavy atom. The monoisotopic (exact) mass is 274 g/mol. The Morgan fingerprint density at radius 2 is 1.85 bits per heavy atom.